The van der Waals surface area contributed by atoms with Crippen molar-refractivity contribution in [2.75, 3.05) is 12.4 Å². The third-order valence-electron chi connectivity index (χ3n) is 3.76. The molecule has 0 saturated heterocycles. The second kappa shape index (κ2) is 6.26. The molecule has 1 saturated carbocycles. The molecule has 6 nitrogen and oxygen atoms in total. The molecule has 1 aromatic rings. The van der Waals surface area contributed by atoms with Crippen LogP contribution >= 0.6 is 11.3 Å². The third-order valence-corrected chi connectivity index (χ3v) is 4.84. The maximum atomic E-state index is 12.3. The van der Waals surface area contributed by atoms with Gasteiger partial charge in [0.1, 0.15) is 4.88 Å². The minimum atomic E-state index is -0.942. The zero-order valence-electron chi connectivity index (χ0n) is 11.8. The largest absolute Gasteiger partial charge is 0.481 e. The summed E-state index contributed by atoms with van der Waals surface area (Å²) >= 11 is 1.19. The molecule has 21 heavy (non-hydrogen) atoms. The first kappa shape index (κ1) is 15.5. The Morgan fingerprint density at radius 1 is 1.33 bits per heavy atom. The van der Waals surface area contributed by atoms with Gasteiger partial charge in [0.25, 0.3) is 0 Å². The monoisotopic (exact) mass is 311 g/mol. The number of carbonyl (C=O) groups is 3. The molecular weight excluding hydrogens is 294 g/mol. The normalized spacial score (nSPS) is 21.0. The van der Waals surface area contributed by atoms with E-state index in [-0.39, 0.29) is 5.91 Å². The van der Waals surface area contributed by atoms with Gasteiger partial charge in [-0.15, -0.1) is 11.3 Å². The van der Waals surface area contributed by atoms with Crippen molar-refractivity contribution in [1.82, 2.24) is 0 Å². The fraction of sp³-hybridized carbons (Fsp3) is 0.500. The van der Waals surface area contributed by atoms with Crippen molar-refractivity contribution in [3.8, 4) is 0 Å². The standard InChI is InChI=1S/C14H17NO5S/c1-7-6-21-11(14(19)20-2)10(7)15-12(16)8-4-3-5-9(8)13(17)18/h6,8-9H,3-5H2,1-2H3,(H,15,16)(H,17,18)/t8-,9+/m1/s1. The van der Waals surface area contributed by atoms with Gasteiger partial charge in [0.2, 0.25) is 5.91 Å². The zero-order chi connectivity index (χ0) is 15.6. The summed E-state index contributed by atoms with van der Waals surface area (Å²) in [5.41, 5.74) is 1.19. The SMILES string of the molecule is COC(=O)c1scc(C)c1NC(=O)[C@@H]1CCC[C@@H]1C(=O)O. The van der Waals surface area contributed by atoms with Gasteiger partial charge in [0.15, 0.2) is 0 Å². The first-order valence-corrected chi connectivity index (χ1v) is 7.53. The van der Waals surface area contributed by atoms with Crippen molar-refractivity contribution in [2.24, 2.45) is 11.8 Å². The van der Waals surface area contributed by atoms with Crippen LogP contribution in [0.3, 0.4) is 0 Å². The van der Waals surface area contributed by atoms with Crippen LogP contribution in [0.1, 0.15) is 34.5 Å². The van der Waals surface area contributed by atoms with Crippen LogP contribution in [-0.2, 0) is 14.3 Å². The van der Waals surface area contributed by atoms with E-state index < -0.39 is 23.8 Å². The van der Waals surface area contributed by atoms with Gasteiger partial charge in [0, 0.05) is 0 Å². The van der Waals surface area contributed by atoms with E-state index in [1.165, 1.54) is 18.4 Å². The van der Waals surface area contributed by atoms with Crippen molar-refractivity contribution in [2.45, 2.75) is 26.2 Å². The molecular formula is C14H17NO5S. The highest BCUT2D eigenvalue weighted by atomic mass is 32.1. The fourth-order valence-corrected chi connectivity index (χ4v) is 3.55. The number of thiophene rings is 1. The number of methoxy groups -OCH3 is 1. The molecule has 2 N–H and O–H groups in total. The summed E-state index contributed by atoms with van der Waals surface area (Å²) in [6.45, 7) is 1.78. The van der Waals surface area contributed by atoms with E-state index in [2.05, 4.69) is 10.1 Å². The molecule has 1 aliphatic rings. The summed E-state index contributed by atoms with van der Waals surface area (Å²) in [7, 11) is 1.28. The first-order chi connectivity index (χ1) is 9.95. The highest BCUT2D eigenvalue weighted by Crippen LogP contribution is 2.34. The van der Waals surface area contributed by atoms with E-state index >= 15 is 0 Å². The Bertz CT molecular complexity index is 580. The van der Waals surface area contributed by atoms with Gasteiger partial charge >= 0.3 is 11.9 Å². The van der Waals surface area contributed by atoms with Crippen molar-refractivity contribution in [1.29, 1.82) is 0 Å². The summed E-state index contributed by atoms with van der Waals surface area (Å²) in [6, 6.07) is 0. The Kier molecular flexibility index (Phi) is 4.62. The van der Waals surface area contributed by atoms with Crippen LogP contribution in [-0.4, -0.2) is 30.1 Å². The number of rotatable bonds is 4. The minimum Gasteiger partial charge on any atom is -0.481 e. The Labute approximate surface area is 126 Å². The quantitative estimate of drug-likeness (QED) is 0.832. The minimum absolute atomic E-state index is 0.327. The van der Waals surface area contributed by atoms with Crippen LogP contribution in [0.2, 0.25) is 0 Å². The highest BCUT2D eigenvalue weighted by Gasteiger charge is 2.38. The van der Waals surface area contributed by atoms with Crippen molar-refractivity contribution < 1.29 is 24.2 Å². The average molecular weight is 311 g/mol. The summed E-state index contributed by atoms with van der Waals surface area (Å²) in [4.78, 5) is 35.5. The third kappa shape index (κ3) is 3.07. The lowest BCUT2D eigenvalue weighted by molar-refractivity contribution is -0.145. The molecule has 0 radical (unpaired) electrons. The molecule has 0 bridgehead atoms. The summed E-state index contributed by atoms with van der Waals surface area (Å²) in [6.07, 6.45) is 1.79. The predicted molar refractivity (Wildman–Crippen MR) is 77.5 cm³/mol. The number of anilines is 1. The van der Waals surface area contributed by atoms with Crippen LogP contribution in [0.4, 0.5) is 5.69 Å². The van der Waals surface area contributed by atoms with E-state index in [0.29, 0.717) is 23.4 Å². The fourth-order valence-electron chi connectivity index (χ4n) is 2.63. The molecule has 0 aromatic carbocycles. The van der Waals surface area contributed by atoms with Gasteiger partial charge in [-0.1, -0.05) is 6.42 Å². The number of carboxylic acid groups (broad SMARTS) is 1. The predicted octanol–water partition coefficient (Wildman–Crippen LogP) is 2.28. The van der Waals surface area contributed by atoms with Crippen LogP contribution in [0, 0.1) is 18.8 Å². The number of hydrogen-bond acceptors (Lipinski definition) is 5. The number of esters is 1. The lowest BCUT2D eigenvalue weighted by Crippen LogP contribution is -2.30. The number of amides is 1. The molecule has 1 aliphatic carbocycles. The number of carboxylic acids is 1. The Morgan fingerprint density at radius 3 is 2.62 bits per heavy atom. The average Bonchev–Trinajstić information content (AvgIpc) is 3.06. The smallest absolute Gasteiger partial charge is 0.350 e. The number of aryl methyl sites for hydroxylation is 1. The topological polar surface area (TPSA) is 92.7 Å². The molecule has 114 valence electrons. The first-order valence-electron chi connectivity index (χ1n) is 6.65. The molecule has 0 spiro atoms. The number of carbonyl (C=O) groups excluding carboxylic acids is 2. The number of nitrogens with one attached hydrogen (secondary N) is 1. The lowest BCUT2D eigenvalue weighted by Gasteiger charge is -2.16. The van der Waals surface area contributed by atoms with Crippen molar-refractivity contribution in [3.05, 3.63) is 15.8 Å². The van der Waals surface area contributed by atoms with Gasteiger partial charge in [-0.05, 0) is 30.7 Å². The molecule has 2 atom stereocenters. The van der Waals surface area contributed by atoms with Crippen LogP contribution in [0.25, 0.3) is 0 Å². The summed E-state index contributed by atoms with van der Waals surface area (Å²) in [5, 5.41) is 13.6. The molecule has 1 aromatic heterocycles. The molecule has 0 aliphatic heterocycles. The molecule has 1 heterocycles. The van der Waals surface area contributed by atoms with E-state index in [4.69, 9.17) is 5.11 Å². The second-order valence-corrected chi connectivity index (χ2v) is 5.97. The van der Waals surface area contributed by atoms with Gasteiger partial charge in [-0.2, -0.15) is 0 Å². The lowest BCUT2D eigenvalue weighted by atomic mass is 9.95. The van der Waals surface area contributed by atoms with E-state index in [0.717, 1.165) is 12.0 Å². The van der Waals surface area contributed by atoms with Crippen LogP contribution in [0.15, 0.2) is 5.38 Å². The molecule has 2 rings (SSSR count). The van der Waals surface area contributed by atoms with Gasteiger partial charge < -0.3 is 15.2 Å². The number of aliphatic carboxylic acids is 1. The Morgan fingerprint density at radius 2 is 2.00 bits per heavy atom. The highest BCUT2D eigenvalue weighted by molar-refractivity contribution is 7.12. The summed E-state index contributed by atoms with van der Waals surface area (Å²) in [5.74, 6) is -2.99. The Hall–Kier alpha value is -1.89. The van der Waals surface area contributed by atoms with E-state index in [1.807, 2.05) is 0 Å². The molecule has 7 heteroatoms. The molecule has 1 fully saturated rings. The van der Waals surface area contributed by atoms with E-state index in [9.17, 15) is 14.4 Å². The van der Waals surface area contributed by atoms with Crippen LogP contribution < -0.4 is 5.32 Å². The summed E-state index contributed by atoms with van der Waals surface area (Å²) < 4.78 is 4.68. The van der Waals surface area contributed by atoms with Gasteiger partial charge in [-0.3, -0.25) is 9.59 Å². The number of hydrogen-bond donors (Lipinski definition) is 2. The zero-order valence-corrected chi connectivity index (χ0v) is 12.7. The van der Waals surface area contributed by atoms with Crippen molar-refractivity contribution in [3.63, 3.8) is 0 Å². The molecule has 1 amide bonds. The second-order valence-electron chi connectivity index (χ2n) is 5.09. The van der Waals surface area contributed by atoms with E-state index in [1.54, 1.807) is 12.3 Å². The maximum Gasteiger partial charge on any atom is 0.350 e. The van der Waals surface area contributed by atoms with Crippen LogP contribution in [0.5, 0.6) is 0 Å². The Balaban J connectivity index is 2.18. The van der Waals surface area contributed by atoms with Crippen molar-refractivity contribution >= 4 is 34.9 Å². The maximum absolute atomic E-state index is 12.3. The molecule has 0 unspecified atom stereocenters. The van der Waals surface area contributed by atoms with Gasteiger partial charge in [0.05, 0.1) is 24.6 Å². The van der Waals surface area contributed by atoms with Gasteiger partial charge in [-0.25, -0.2) is 4.79 Å². The number of ether oxygens (including phenoxy) is 1.